The monoisotopic (exact) mass is 447 g/mol. The number of aryl methyl sites for hydroxylation is 1. The highest BCUT2D eigenvalue weighted by molar-refractivity contribution is 5.92. The minimum atomic E-state index is -0.853. The lowest BCUT2D eigenvalue weighted by molar-refractivity contribution is -0.129. The summed E-state index contributed by atoms with van der Waals surface area (Å²) >= 11 is 0. The third-order valence-corrected chi connectivity index (χ3v) is 6.11. The van der Waals surface area contributed by atoms with Gasteiger partial charge in [-0.25, -0.2) is 4.79 Å². The molecular weight excluding hydrogens is 418 g/mol. The van der Waals surface area contributed by atoms with E-state index >= 15 is 0 Å². The number of carbonyl (C=O) groups is 2. The molecule has 1 saturated carbocycles. The second-order valence-electron chi connectivity index (χ2n) is 8.60. The van der Waals surface area contributed by atoms with Crippen LogP contribution in [0.3, 0.4) is 0 Å². The van der Waals surface area contributed by atoms with Gasteiger partial charge < -0.3 is 14.5 Å². The Morgan fingerprint density at radius 2 is 1.73 bits per heavy atom. The fourth-order valence-corrected chi connectivity index (χ4v) is 4.07. The van der Waals surface area contributed by atoms with Gasteiger partial charge in [-0.15, -0.1) is 10.2 Å². The summed E-state index contributed by atoms with van der Waals surface area (Å²) in [5.74, 6) is 0.519. The van der Waals surface area contributed by atoms with Gasteiger partial charge in [-0.2, -0.15) is 0 Å². The van der Waals surface area contributed by atoms with E-state index in [1.165, 1.54) is 19.3 Å². The normalized spacial score (nSPS) is 15.1. The van der Waals surface area contributed by atoms with Crippen LogP contribution in [0, 0.1) is 12.8 Å². The predicted molar refractivity (Wildman–Crippen MR) is 124 cm³/mol. The van der Waals surface area contributed by atoms with Crippen molar-refractivity contribution in [2.45, 2.75) is 52.1 Å². The van der Waals surface area contributed by atoms with Crippen LogP contribution in [0.15, 0.2) is 52.9 Å². The van der Waals surface area contributed by atoms with E-state index in [2.05, 4.69) is 15.5 Å². The van der Waals surface area contributed by atoms with E-state index in [0.717, 1.165) is 24.0 Å². The molecule has 0 spiro atoms. The van der Waals surface area contributed by atoms with Crippen molar-refractivity contribution in [2.24, 2.45) is 5.92 Å². The van der Waals surface area contributed by atoms with E-state index in [1.54, 1.807) is 31.2 Å². The first-order valence-corrected chi connectivity index (χ1v) is 11.5. The van der Waals surface area contributed by atoms with Crippen LogP contribution < -0.4 is 5.32 Å². The van der Waals surface area contributed by atoms with Gasteiger partial charge >= 0.3 is 5.97 Å². The van der Waals surface area contributed by atoms with Crippen molar-refractivity contribution in [1.82, 2.24) is 15.5 Å². The van der Waals surface area contributed by atoms with E-state index in [0.29, 0.717) is 35.4 Å². The summed E-state index contributed by atoms with van der Waals surface area (Å²) in [6.07, 6.45) is 5.15. The number of aromatic nitrogens is 2. The van der Waals surface area contributed by atoms with Crippen LogP contribution in [0.4, 0.5) is 0 Å². The average Bonchev–Trinajstić information content (AvgIpc) is 3.33. The summed E-state index contributed by atoms with van der Waals surface area (Å²) in [5.41, 5.74) is 2.97. The molecule has 172 valence electrons. The van der Waals surface area contributed by atoms with Crippen molar-refractivity contribution < 1.29 is 18.7 Å². The van der Waals surface area contributed by atoms with Crippen molar-refractivity contribution in [3.63, 3.8) is 0 Å². The minimum absolute atomic E-state index is 0.264. The van der Waals surface area contributed by atoms with Crippen molar-refractivity contribution >= 4 is 11.9 Å². The second-order valence-corrected chi connectivity index (χ2v) is 8.60. The molecule has 1 heterocycles. The quantitative estimate of drug-likeness (QED) is 0.515. The number of benzene rings is 2. The van der Waals surface area contributed by atoms with Crippen LogP contribution in [0.25, 0.3) is 22.9 Å². The van der Waals surface area contributed by atoms with E-state index in [4.69, 9.17) is 9.15 Å². The molecule has 1 aliphatic carbocycles. The zero-order chi connectivity index (χ0) is 23.2. The van der Waals surface area contributed by atoms with Gasteiger partial charge in [0.15, 0.2) is 6.10 Å². The smallest absolute Gasteiger partial charge is 0.338 e. The highest BCUT2D eigenvalue weighted by Gasteiger charge is 2.21. The number of carbonyl (C=O) groups excluding carboxylic acids is 2. The van der Waals surface area contributed by atoms with Gasteiger partial charge in [0.1, 0.15) is 0 Å². The minimum Gasteiger partial charge on any atom is -0.449 e. The van der Waals surface area contributed by atoms with E-state index in [9.17, 15) is 9.59 Å². The summed E-state index contributed by atoms with van der Waals surface area (Å²) in [5, 5.41) is 11.2. The molecule has 1 fully saturated rings. The first-order valence-electron chi connectivity index (χ1n) is 11.5. The summed E-state index contributed by atoms with van der Waals surface area (Å²) in [4.78, 5) is 24.8. The van der Waals surface area contributed by atoms with Gasteiger partial charge in [0.2, 0.25) is 11.8 Å². The van der Waals surface area contributed by atoms with Crippen molar-refractivity contribution in [2.75, 3.05) is 6.54 Å². The Labute approximate surface area is 193 Å². The van der Waals surface area contributed by atoms with Gasteiger partial charge in [0, 0.05) is 17.7 Å². The van der Waals surface area contributed by atoms with Crippen LogP contribution in [-0.4, -0.2) is 34.7 Å². The Balaban J connectivity index is 1.33. The highest BCUT2D eigenvalue weighted by Crippen LogP contribution is 2.26. The van der Waals surface area contributed by atoms with E-state index in [-0.39, 0.29) is 5.91 Å². The average molecular weight is 448 g/mol. The number of hydrogen-bond donors (Lipinski definition) is 1. The molecule has 4 rings (SSSR count). The topological polar surface area (TPSA) is 94.3 Å². The molecule has 3 aromatic rings. The lowest BCUT2D eigenvalue weighted by atomic mass is 9.89. The van der Waals surface area contributed by atoms with E-state index in [1.807, 2.05) is 31.2 Å². The third-order valence-electron chi connectivity index (χ3n) is 6.11. The number of esters is 1. The Kier molecular flexibility index (Phi) is 7.17. The van der Waals surface area contributed by atoms with Crippen LogP contribution in [0.1, 0.15) is 54.9 Å². The molecule has 0 aliphatic heterocycles. The van der Waals surface area contributed by atoms with Gasteiger partial charge in [-0.05, 0) is 68.5 Å². The Hall–Kier alpha value is -3.48. The summed E-state index contributed by atoms with van der Waals surface area (Å²) in [6, 6.07) is 14.5. The molecule has 0 saturated heterocycles. The maximum Gasteiger partial charge on any atom is 0.338 e. The molecular formula is C26H29N3O4. The van der Waals surface area contributed by atoms with Gasteiger partial charge in [0.25, 0.3) is 5.91 Å². The number of nitrogens with one attached hydrogen (secondary N) is 1. The predicted octanol–water partition coefficient (Wildman–Crippen LogP) is 4.95. The number of rotatable bonds is 7. The number of nitrogens with zero attached hydrogens (tertiary/aromatic N) is 2. The fraction of sp³-hybridized carbons (Fsp3) is 0.385. The molecule has 33 heavy (non-hydrogen) atoms. The first kappa shape index (κ1) is 22.7. The zero-order valence-corrected chi connectivity index (χ0v) is 19.0. The third kappa shape index (κ3) is 5.66. The van der Waals surface area contributed by atoms with Crippen molar-refractivity contribution in [1.29, 1.82) is 0 Å². The Morgan fingerprint density at radius 1 is 1.03 bits per heavy atom. The number of hydrogen-bond acceptors (Lipinski definition) is 6. The number of ether oxygens (including phenoxy) is 1. The zero-order valence-electron chi connectivity index (χ0n) is 19.0. The Bertz CT molecular complexity index is 1100. The maximum atomic E-state index is 12.5. The van der Waals surface area contributed by atoms with Gasteiger partial charge in [-0.3, -0.25) is 4.79 Å². The Morgan fingerprint density at radius 3 is 2.45 bits per heavy atom. The maximum absolute atomic E-state index is 12.5. The molecule has 0 bridgehead atoms. The summed E-state index contributed by atoms with van der Waals surface area (Å²) in [7, 11) is 0. The highest BCUT2D eigenvalue weighted by atomic mass is 16.5. The van der Waals surface area contributed by atoms with Crippen molar-refractivity contribution in [3.8, 4) is 22.9 Å². The van der Waals surface area contributed by atoms with Crippen LogP contribution >= 0.6 is 0 Å². The molecule has 1 unspecified atom stereocenters. The van der Waals surface area contributed by atoms with Crippen LogP contribution in [0.5, 0.6) is 0 Å². The lowest BCUT2D eigenvalue weighted by Gasteiger charge is -2.22. The first-order chi connectivity index (χ1) is 16.0. The largest absolute Gasteiger partial charge is 0.449 e. The number of amides is 1. The summed E-state index contributed by atoms with van der Waals surface area (Å²) < 4.78 is 11.2. The molecule has 7 heteroatoms. The summed E-state index contributed by atoms with van der Waals surface area (Å²) in [6.45, 7) is 4.22. The molecule has 0 radical (unpaired) electrons. The SMILES string of the molecule is Cc1ccccc1-c1nnc(-c2ccc(C(=O)OC(C)C(=O)NCC3CCCCC3)cc2)o1. The van der Waals surface area contributed by atoms with Crippen LogP contribution in [0.2, 0.25) is 0 Å². The van der Waals surface area contributed by atoms with Gasteiger partial charge in [0.05, 0.1) is 5.56 Å². The molecule has 7 nitrogen and oxygen atoms in total. The van der Waals surface area contributed by atoms with E-state index < -0.39 is 12.1 Å². The standard InChI is InChI=1S/C26H29N3O4/c1-17-8-6-7-11-22(17)25-29-28-24(33-25)20-12-14-21(15-13-20)26(31)32-18(2)23(30)27-16-19-9-4-3-5-10-19/h6-8,11-15,18-19H,3-5,9-10,16H2,1-2H3,(H,27,30). The fourth-order valence-electron chi connectivity index (χ4n) is 4.07. The molecule has 1 aliphatic rings. The molecule has 1 N–H and O–H groups in total. The molecule has 1 aromatic heterocycles. The second kappa shape index (κ2) is 10.4. The molecule has 1 amide bonds. The molecule has 2 aromatic carbocycles. The van der Waals surface area contributed by atoms with Gasteiger partial charge in [-0.1, -0.05) is 37.5 Å². The van der Waals surface area contributed by atoms with Crippen LogP contribution in [-0.2, 0) is 9.53 Å². The molecule has 1 atom stereocenters. The lowest BCUT2D eigenvalue weighted by Crippen LogP contribution is -2.38. The van der Waals surface area contributed by atoms with Crippen molar-refractivity contribution in [3.05, 3.63) is 59.7 Å².